The molecule has 1 atom stereocenters. The van der Waals surface area contributed by atoms with Crippen molar-refractivity contribution in [2.24, 2.45) is 0 Å². The van der Waals surface area contributed by atoms with Gasteiger partial charge in [0.05, 0.1) is 6.10 Å². The summed E-state index contributed by atoms with van der Waals surface area (Å²) in [5.74, 6) is 0. The number of likely N-dealkylation sites (tertiary alicyclic amines) is 1. The molecule has 1 aromatic rings. The van der Waals surface area contributed by atoms with Gasteiger partial charge in [-0.3, -0.25) is 4.90 Å². The fourth-order valence-electron chi connectivity index (χ4n) is 3.40. The Morgan fingerprint density at radius 3 is 2.38 bits per heavy atom. The standard InChI is InChI=1S/C19H27NO/c1-15(21)13-16-5-7-17(8-6-16)14-18-9-11-20(12-10-18)19-3-2-4-19/h5-8,14-15,19,21H,2-4,9-13H2,1H3. The van der Waals surface area contributed by atoms with E-state index >= 15 is 0 Å². The van der Waals surface area contributed by atoms with Crippen molar-refractivity contribution in [3.05, 3.63) is 41.0 Å². The molecule has 1 aliphatic carbocycles. The second kappa shape index (κ2) is 6.76. The maximum absolute atomic E-state index is 9.41. The molecule has 1 aromatic carbocycles. The number of hydrogen-bond donors (Lipinski definition) is 1. The fourth-order valence-corrected chi connectivity index (χ4v) is 3.40. The van der Waals surface area contributed by atoms with Gasteiger partial charge in [-0.25, -0.2) is 0 Å². The van der Waals surface area contributed by atoms with Crippen molar-refractivity contribution >= 4 is 6.08 Å². The average molecular weight is 285 g/mol. The van der Waals surface area contributed by atoms with E-state index in [1.54, 1.807) is 5.57 Å². The van der Waals surface area contributed by atoms with E-state index in [9.17, 15) is 5.11 Å². The zero-order valence-corrected chi connectivity index (χ0v) is 13.1. The van der Waals surface area contributed by atoms with Crippen molar-refractivity contribution < 1.29 is 5.11 Å². The SMILES string of the molecule is CC(O)Cc1ccc(C=C2CCN(C3CCC3)CC2)cc1. The molecular weight excluding hydrogens is 258 g/mol. The molecule has 1 N–H and O–H groups in total. The highest BCUT2D eigenvalue weighted by Crippen LogP contribution is 2.29. The first-order valence-corrected chi connectivity index (χ1v) is 8.41. The minimum Gasteiger partial charge on any atom is -0.393 e. The van der Waals surface area contributed by atoms with Gasteiger partial charge < -0.3 is 5.11 Å². The van der Waals surface area contributed by atoms with E-state index < -0.39 is 0 Å². The molecule has 0 bridgehead atoms. The van der Waals surface area contributed by atoms with E-state index in [0.29, 0.717) is 0 Å². The van der Waals surface area contributed by atoms with Gasteiger partial charge in [0.15, 0.2) is 0 Å². The van der Waals surface area contributed by atoms with Crippen molar-refractivity contribution in [2.75, 3.05) is 13.1 Å². The van der Waals surface area contributed by atoms with Crippen molar-refractivity contribution in [3.8, 4) is 0 Å². The van der Waals surface area contributed by atoms with E-state index in [0.717, 1.165) is 12.5 Å². The summed E-state index contributed by atoms with van der Waals surface area (Å²) >= 11 is 0. The van der Waals surface area contributed by atoms with Crippen molar-refractivity contribution in [1.29, 1.82) is 0 Å². The second-order valence-corrected chi connectivity index (χ2v) is 6.72. The summed E-state index contributed by atoms with van der Waals surface area (Å²) in [7, 11) is 0. The van der Waals surface area contributed by atoms with Crippen LogP contribution in [0, 0.1) is 0 Å². The van der Waals surface area contributed by atoms with Crippen LogP contribution in [0.2, 0.25) is 0 Å². The highest BCUT2D eigenvalue weighted by molar-refractivity contribution is 5.53. The molecule has 0 aromatic heterocycles. The lowest BCUT2D eigenvalue weighted by Crippen LogP contribution is -2.43. The summed E-state index contributed by atoms with van der Waals surface area (Å²) in [6, 6.07) is 9.54. The van der Waals surface area contributed by atoms with Crippen LogP contribution in [-0.2, 0) is 6.42 Å². The molecular formula is C19H27NO. The first-order chi connectivity index (χ1) is 10.2. The Labute approximate surface area is 128 Å². The lowest BCUT2D eigenvalue weighted by atomic mass is 9.89. The number of rotatable bonds is 4. The van der Waals surface area contributed by atoms with Gasteiger partial charge in [0.2, 0.25) is 0 Å². The molecule has 0 radical (unpaired) electrons. The van der Waals surface area contributed by atoms with Crippen molar-refractivity contribution in [3.63, 3.8) is 0 Å². The first-order valence-electron chi connectivity index (χ1n) is 8.41. The Balaban J connectivity index is 1.55. The van der Waals surface area contributed by atoms with E-state index in [4.69, 9.17) is 0 Å². The Morgan fingerprint density at radius 2 is 1.86 bits per heavy atom. The van der Waals surface area contributed by atoms with Crippen LogP contribution in [0.3, 0.4) is 0 Å². The molecule has 114 valence electrons. The minimum atomic E-state index is -0.259. The number of aliphatic hydroxyl groups is 1. The average Bonchev–Trinajstić information content (AvgIpc) is 2.41. The molecule has 0 spiro atoms. The zero-order valence-electron chi connectivity index (χ0n) is 13.1. The summed E-state index contributed by atoms with van der Waals surface area (Å²) in [4.78, 5) is 2.69. The highest BCUT2D eigenvalue weighted by atomic mass is 16.3. The smallest absolute Gasteiger partial charge is 0.0552 e. The van der Waals surface area contributed by atoms with Crippen LogP contribution in [0.25, 0.3) is 6.08 Å². The lowest BCUT2D eigenvalue weighted by Gasteiger charge is -2.40. The summed E-state index contributed by atoms with van der Waals surface area (Å²) < 4.78 is 0. The van der Waals surface area contributed by atoms with Crippen LogP contribution in [0.4, 0.5) is 0 Å². The molecule has 1 aliphatic heterocycles. The summed E-state index contributed by atoms with van der Waals surface area (Å²) in [5.41, 5.74) is 4.11. The minimum absolute atomic E-state index is 0.259. The second-order valence-electron chi connectivity index (χ2n) is 6.72. The molecule has 2 fully saturated rings. The monoisotopic (exact) mass is 285 g/mol. The van der Waals surface area contributed by atoms with Gasteiger partial charge in [0.1, 0.15) is 0 Å². The predicted molar refractivity (Wildman–Crippen MR) is 88.2 cm³/mol. The molecule has 1 saturated heterocycles. The highest BCUT2D eigenvalue weighted by Gasteiger charge is 2.26. The summed E-state index contributed by atoms with van der Waals surface area (Å²) in [6.45, 7) is 4.33. The Kier molecular flexibility index (Phi) is 4.77. The van der Waals surface area contributed by atoms with Gasteiger partial charge in [-0.05, 0) is 50.2 Å². The van der Waals surface area contributed by atoms with Gasteiger partial charge in [0, 0.05) is 19.1 Å². The van der Waals surface area contributed by atoms with Gasteiger partial charge in [-0.15, -0.1) is 0 Å². The van der Waals surface area contributed by atoms with Crippen molar-refractivity contribution in [2.45, 2.75) is 57.6 Å². The normalized spacial score (nSPS) is 21.9. The molecule has 21 heavy (non-hydrogen) atoms. The molecule has 1 saturated carbocycles. The van der Waals surface area contributed by atoms with E-state index in [1.165, 1.54) is 56.3 Å². The summed E-state index contributed by atoms with van der Waals surface area (Å²) in [5, 5.41) is 9.41. The molecule has 2 nitrogen and oxygen atoms in total. The van der Waals surface area contributed by atoms with Crippen LogP contribution < -0.4 is 0 Å². The van der Waals surface area contributed by atoms with Crippen molar-refractivity contribution in [1.82, 2.24) is 4.90 Å². The maximum Gasteiger partial charge on any atom is 0.0552 e. The van der Waals surface area contributed by atoms with Crippen LogP contribution in [-0.4, -0.2) is 35.2 Å². The van der Waals surface area contributed by atoms with Crippen LogP contribution >= 0.6 is 0 Å². The summed E-state index contributed by atoms with van der Waals surface area (Å²) in [6.07, 6.45) is 9.58. The van der Waals surface area contributed by atoms with Gasteiger partial charge >= 0.3 is 0 Å². The molecule has 1 heterocycles. The van der Waals surface area contributed by atoms with Gasteiger partial charge in [-0.2, -0.15) is 0 Å². The van der Waals surface area contributed by atoms with Gasteiger partial charge in [0.25, 0.3) is 0 Å². The van der Waals surface area contributed by atoms with E-state index in [-0.39, 0.29) is 6.10 Å². The Morgan fingerprint density at radius 1 is 1.19 bits per heavy atom. The number of piperidine rings is 1. The number of aliphatic hydroxyl groups excluding tert-OH is 1. The number of nitrogens with zero attached hydrogens (tertiary/aromatic N) is 1. The molecule has 3 rings (SSSR count). The third kappa shape index (κ3) is 3.96. The van der Waals surface area contributed by atoms with Gasteiger partial charge in [-0.1, -0.05) is 42.3 Å². The van der Waals surface area contributed by atoms with E-state index in [1.807, 2.05) is 6.92 Å². The van der Waals surface area contributed by atoms with E-state index in [2.05, 4.69) is 35.2 Å². The quantitative estimate of drug-likeness (QED) is 0.913. The number of hydrogen-bond acceptors (Lipinski definition) is 2. The van der Waals surface area contributed by atoms with Crippen LogP contribution in [0.5, 0.6) is 0 Å². The zero-order chi connectivity index (χ0) is 14.7. The van der Waals surface area contributed by atoms with Crippen LogP contribution in [0.1, 0.15) is 50.2 Å². The predicted octanol–water partition coefficient (Wildman–Crippen LogP) is 3.64. The largest absolute Gasteiger partial charge is 0.393 e. The third-order valence-corrected chi connectivity index (χ3v) is 4.91. The molecule has 2 heteroatoms. The lowest BCUT2D eigenvalue weighted by molar-refractivity contribution is 0.118. The fraction of sp³-hybridized carbons (Fsp3) is 0.579. The molecule has 1 unspecified atom stereocenters. The Bertz CT molecular complexity index is 475. The molecule has 2 aliphatic rings. The topological polar surface area (TPSA) is 23.5 Å². The van der Waals surface area contributed by atoms with Crippen LogP contribution in [0.15, 0.2) is 29.8 Å². The molecule has 0 amide bonds. The third-order valence-electron chi connectivity index (χ3n) is 4.91. The Hall–Kier alpha value is -1.12. The number of benzene rings is 1. The first kappa shape index (κ1) is 14.8. The maximum atomic E-state index is 9.41.